The fraction of sp³-hybridized carbons (Fsp3) is 0.412. The monoisotopic (exact) mass is 315 g/mol. The fourth-order valence-electron chi connectivity index (χ4n) is 2.44. The molecule has 6 nitrogen and oxygen atoms in total. The van der Waals surface area contributed by atoms with Gasteiger partial charge in [-0.25, -0.2) is 9.97 Å². The summed E-state index contributed by atoms with van der Waals surface area (Å²) in [5.41, 5.74) is 0.919. The van der Waals surface area contributed by atoms with E-state index in [-0.39, 0.29) is 0 Å². The molecule has 1 heterocycles. The van der Waals surface area contributed by atoms with Crippen molar-refractivity contribution in [2.75, 3.05) is 26.6 Å². The number of hydrogen-bond donors (Lipinski definition) is 1. The van der Waals surface area contributed by atoms with Gasteiger partial charge >= 0.3 is 0 Å². The van der Waals surface area contributed by atoms with Crippen LogP contribution in [0.2, 0.25) is 0 Å². The number of ether oxygens (including phenoxy) is 3. The maximum Gasteiger partial charge on any atom is 0.133 e. The molecule has 23 heavy (non-hydrogen) atoms. The van der Waals surface area contributed by atoms with Crippen molar-refractivity contribution in [1.82, 2.24) is 9.97 Å². The summed E-state index contributed by atoms with van der Waals surface area (Å²) in [5, 5.41) is 3.32. The molecule has 0 aliphatic heterocycles. The van der Waals surface area contributed by atoms with Gasteiger partial charge in [0.05, 0.1) is 26.9 Å². The van der Waals surface area contributed by atoms with E-state index in [1.54, 1.807) is 27.5 Å². The van der Waals surface area contributed by atoms with Crippen molar-refractivity contribution in [2.24, 2.45) is 0 Å². The molecule has 0 atom stereocenters. The molecule has 0 spiro atoms. The Morgan fingerprint density at radius 3 is 2.35 bits per heavy atom. The maximum absolute atomic E-state index is 5.46. The van der Waals surface area contributed by atoms with Gasteiger partial charge < -0.3 is 19.5 Å². The molecule has 1 fully saturated rings. The van der Waals surface area contributed by atoms with Crippen molar-refractivity contribution in [3.05, 3.63) is 35.8 Å². The zero-order chi connectivity index (χ0) is 16.2. The first-order valence-corrected chi connectivity index (χ1v) is 7.61. The second kappa shape index (κ2) is 6.73. The number of hydrogen-bond acceptors (Lipinski definition) is 6. The molecule has 6 heteroatoms. The van der Waals surface area contributed by atoms with Gasteiger partial charge in [-0.1, -0.05) is 0 Å². The van der Waals surface area contributed by atoms with E-state index in [4.69, 9.17) is 14.2 Å². The molecule has 1 aliphatic carbocycles. The maximum atomic E-state index is 5.46. The Labute approximate surface area is 135 Å². The van der Waals surface area contributed by atoms with Gasteiger partial charge in [0.2, 0.25) is 0 Å². The van der Waals surface area contributed by atoms with Crippen LogP contribution < -0.4 is 19.5 Å². The van der Waals surface area contributed by atoms with Crippen molar-refractivity contribution in [1.29, 1.82) is 0 Å². The molecule has 0 saturated heterocycles. The van der Waals surface area contributed by atoms with E-state index in [1.165, 1.54) is 12.8 Å². The van der Waals surface area contributed by atoms with Crippen LogP contribution in [0.3, 0.4) is 0 Å². The molecular weight excluding hydrogens is 294 g/mol. The van der Waals surface area contributed by atoms with Crippen LogP contribution in [0, 0.1) is 0 Å². The van der Waals surface area contributed by atoms with Crippen LogP contribution in [0.5, 0.6) is 17.2 Å². The van der Waals surface area contributed by atoms with Crippen molar-refractivity contribution < 1.29 is 14.2 Å². The van der Waals surface area contributed by atoms with Gasteiger partial charge in [0.15, 0.2) is 0 Å². The van der Waals surface area contributed by atoms with Gasteiger partial charge in [-0.2, -0.15) is 0 Å². The Morgan fingerprint density at radius 2 is 1.78 bits per heavy atom. The van der Waals surface area contributed by atoms with Crippen molar-refractivity contribution in [3.63, 3.8) is 0 Å². The predicted octanol–water partition coefficient (Wildman–Crippen LogP) is 2.99. The van der Waals surface area contributed by atoms with Crippen LogP contribution in [0.1, 0.15) is 30.1 Å². The first kappa shape index (κ1) is 15.4. The topological polar surface area (TPSA) is 65.5 Å². The minimum atomic E-state index is 0.529. The standard InChI is InChI=1S/C17H21N3O3/c1-21-12-8-14(22-2)13(15(9-12)23-3)10-19-16-6-7-18-17(20-16)11-4-5-11/h6-9,11H,4-5,10H2,1-3H3,(H,18,19,20). The van der Waals surface area contributed by atoms with Gasteiger partial charge in [0, 0.05) is 30.8 Å². The Balaban J connectivity index is 1.80. The lowest BCUT2D eigenvalue weighted by Gasteiger charge is -2.16. The third kappa shape index (κ3) is 3.47. The first-order valence-electron chi connectivity index (χ1n) is 7.61. The van der Waals surface area contributed by atoms with Crippen LogP contribution in [-0.4, -0.2) is 31.3 Å². The summed E-state index contributed by atoms with van der Waals surface area (Å²) in [4.78, 5) is 8.90. The highest BCUT2D eigenvalue weighted by atomic mass is 16.5. The molecule has 3 rings (SSSR count). The minimum absolute atomic E-state index is 0.529. The third-order valence-electron chi connectivity index (χ3n) is 3.88. The zero-order valence-corrected chi connectivity index (χ0v) is 13.6. The lowest BCUT2D eigenvalue weighted by Crippen LogP contribution is -2.07. The quantitative estimate of drug-likeness (QED) is 0.847. The van der Waals surface area contributed by atoms with E-state index in [2.05, 4.69) is 15.3 Å². The van der Waals surface area contributed by atoms with Crippen molar-refractivity contribution >= 4 is 5.82 Å². The minimum Gasteiger partial charge on any atom is -0.496 e. The van der Waals surface area contributed by atoms with E-state index in [9.17, 15) is 0 Å². The molecule has 1 aromatic carbocycles. The Morgan fingerprint density at radius 1 is 1.09 bits per heavy atom. The molecule has 1 N–H and O–H groups in total. The number of benzene rings is 1. The second-order valence-corrected chi connectivity index (χ2v) is 5.44. The summed E-state index contributed by atoms with van der Waals surface area (Å²) >= 11 is 0. The number of aromatic nitrogens is 2. The normalized spacial score (nSPS) is 13.5. The summed E-state index contributed by atoms with van der Waals surface area (Å²) in [5.74, 6) is 4.38. The van der Waals surface area contributed by atoms with Crippen LogP contribution in [0.25, 0.3) is 0 Å². The van der Waals surface area contributed by atoms with Gasteiger partial charge in [0.25, 0.3) is 0 Å². The summed E-state index contributed by atoms with van der Waals surface area (Å²) < 4.78 is 16.2. The van der Waals surface area contributed by atoms with E-state index >= 15 is 0 Å². The molecule has 0 bridgehead atoms. The predicted molar refractivity (Wildman–Crippen MR) is 87.4 cm³/mol. The van der Waals surface area contributed by atoms with E-state index < -0.39 is 0 Å². The number of nitrogens with one attached hydrogen (secondary N) is 1. The van der Waals surface area contributed by atoms with Gasteiger partial charge in [-0.15, -0.1) is 0 Å². The molecule has 0 radical (unpaired) electrons. The largest absolute Gasteiger partial charge is 0.496 e. The van der Waals surface area contributed by atoms with Crippen molar-refractivity contribution in [2.45, 2.75) is 25.3 Å². The number of nitrogens with zero attached hydrogens (tertiary/aromatic N) is 2. The van der Waals surface area contributed by atoms with Gasteiger partial charge in [-0.3, -0.25) is 0 Å². The van der Waals surface area contributed by atoms with Gasteiger partial charge in [-0.05, 0) is 18.9 Å². The molecule has 2 aromatic rings. The average molecular weight is 315 g/mol. The molecule has 1 aromatic heterocycles. The zero-order valence-electron chi connectivity index (χ0n) is 13.6. The SMILES string of the molecule is COc1cc(OC)c(CNc2ccnc(C3CC3)n2)c(OC)c1. The lowest BCUT2D eigenvalue weighted by atomic mass is 10.1. The van der Waals surface area contributed by atoms with Crippen LogP contribution in [0.4, 0.5) is 5.82 Å². The molecule has 0 unspecified atom stereocenters. The Kier molecular flexibility index (Phi) is 4.50. The number of anilines is 1. The first-order chi connectivity index (χ1) is 11.2. The van der Waals surface area contributed by atoms with Crippen molar-refractivity contribution in [3.8, 4) is 17.2 Å². The Bertz CT molecular complexity index is 662. The van der Waals surface area contributed by atoms with E-state index in [0.717, 1.165) is 17.2 Å². The fourth-order valence-corrected chi connectivity index (χ4v) is 2.44. The van der Waals surface area contributed by atoms with Crippen LogP contribution >= 0.6 is 0 Å². The third-order valence-corrected chi connectivity index (χ3v) is 3.88. The highest BCUT2D eigenvalue weighted by molar-refractivity contribution is 5.52. The van der Waals surface area contributed by atoms with E-state index in [0.29, 0.717) is 29.7 Å². The summed E-state index contributed by atoms with van der Waals surface area (Å²) in [7, 11) is 4.88. The highest BCUT2D eigenvalue weighted by Gasteiger charge is 2.26. The average Bonchev–Trinajstić information content (AvgIpc) is 3.44. The second-order valence-electron chi connectivity index (χ2n) is 5.44. The molecule has 1 aliphatic rings. The number of rotatable bonds is 7. The van der Waals surface area contributed by atoms with Crippen LogP contribution in [-0.2, 0) is 6.54 Å². The molecule has 0 amide bonds. The molecule has 1 saturated carbocycles. The summed E-state index contributed by atoms with van der Waals surface area (Å²) in [6.45, 7) is 0.539. The van der Waals surface area contributed by atoms with Gasteiger partial charge in [0.1, 0.15) is 28.9 Å². The van der Waals surface area contributed by atoms with Crippen LogP contribution in [0.15, 0.2) is 24.4 Å². The summed E-state index contributed by atoms with van der Waals surface area (Å²) in [6, 6.07) is 5.55. The Hall–Kier alpha value is -2.50. The molecular formula is C17H21N3O3. The summed E-state index contributed by atoms with van der Waals surface area (Å²) in [6.07, 6.45) is 4.17. The highest BCUT2D eigenvalue weighted by Crippen LogP contribution is 2.38. The molecule has 122 valence electrons. The van der Waals surface area contributed by atoms with E-state index in [1.807, 2.05) is 18.2 Å². The smallest absolute Gasteiger partial charge is 0.133 e. The lowest BCUT2D eigenvalue weighted by molar-refractivity contribution is 0.369. The number of methoxy groups -OCH3 is 3.